The third-order valence-corrected chi connectivity index (χ3v) is 9.46. The van der Waals surface area contributed by atoms with Gasteiger partial charge in [0.05, 0.1) is 10.6 Å². The quantitative estimate of drug-likeness (QED) is 0.197. The number of aryl methyl sites for hydroxylation is 2. The molecule has 0 aliphatic heterocycles. The second-order valence-corrected chi connectivity index (χ2v) is 14.4. The highest BCUT2D eigenvalue weighted by Crippen LogP contribution is 2.28. The van der Waals surface area contributed by atoms with Gasteiger partial charge in [0.1, 0.15) is 12.6 Å². The van der Waals surface area contributed by atoms with Crippen LogP contribution in [0.2, 0.25) is 5.02 Å². The lowest BCUT2D eigenvalue weighted by atomic mass is 10.00. The van der Waals surface area contributed by atoms with Gasteiger partial charge in [-0.3, -0.25) is 13.9 Å². The molecule has 0 aliphatic carbocycles. The number of benzene rings is 4. The first-order valence-corrected chi connectivity index (χ1v) is 16.6. The Morgan fingerprint density at radius 3 is 1.98 bits per heavy atom. The van der Waals surface area contributed by atoms with Crippen LogP contribution in [-0.4, -0.2) is 43.3 Å². The van der Waals surface area contributed by atoms with Crippen molar-refractivity contribution < 1.29 is 18.0 Å². The zero-order chi connectivity index (χ0) is 32.8. The maximum absolute atomic E-state index is 14.6. The van der Waals surface area contributed by atoms with Gasteiger partial charge in [-0.15, -0.1) is 0 Å². The van der Waals surface area contributed by atoms with Gasteiger partial charge < -0.3 is 10.2 Å². The Morgan fingerprint density at radius 1 is 0.800 bits per heavy atom. The number of hydrogen-bond donors (Lipinski definition) is 1. The predicted molar refractivity (Wildman–Crippen MR) is 181 cm³/mol. The molecule has 2 amide bonds. The first kappa shape index (κ1) is 33.7. The van der Waals surface area contributed by atoms with Crippen LogP contribution >= 0.6 is 11.6 Å². The molecule has 0 bridgehead atoms. The van der Waals surface area contributed by atoms with Crippen molar-refractivity contribution in [1.29, 1.82) is 0 Å². The van der Waals surface area contributed by atoms with Gasteiger partial charge in [-0.25, -0.2) is 8.42 Å². The van der Waals surface area contributed by atoms with Crippen LogP contribution in [0.4, 0.5) is 5.69 Å². The second-order valence-electron chi connectivity index (χ2n) is 12.1. The van der Waals surface area contributed by atoms with Gasteiger partial charge in [0.15, 0.2) is 0 Å². The van der Waals surface area contributed by atoms with Crippen LogP contribution in [0.5, 0.6) is 0 Å². The monoisotopic (exact) mass is 645 g/mol. The summed E-state index contributed by atoms with van der Waals surface area (Å²) >= 11 is 6.07. The van der Waals surface area contributed by atoms with Gasteiger partial charge in [0.2, 0.25) is 11.8 Å². The Hall–Kier alpha value is -4.14. The largest absolute Gasteiger partial charge is 0.350 e. The maximum Gasteiger partial charge on any atom is 0.264 e. The fraction of sp³-hybridized carbons (Fsp3) is 0.278. The third kappa shape index (κ3) is 8.74. The minimum Gasteiger partial charge on any atom is -0.350 e. The van der Waals surface area contributed by atoms with E-state index in [2.05, 4.69) is 5.32 Å². The SMILES string of the molecule is Cc1ccccc1CN(C(=O)CN(c1ccccc1C)S(=O)(=O)c1ccc(Cl)cc1)[C@@H](Cc1ccccc1)C(=O)NC(C)(C)C. The standard InChI is InChI=1S/C36H40ClN3O4S/c1-26-13-9-11-17-29(26)24-39(33(35(42)38-36(3,4)5)23-28-15-7-6-8-16-28)34(41)25-40(32-18-12-10-14-27(32)2)45(43,44)31-21-19-30(37)20-22-31/h6-22,33H,23-25H2,1-5H3,(H,38,42)/t33-/m0/s1. The smallest absolute Gasteiger partial charge is 0.264 e. The number of hydrogen-bond acceptors (Lipinski definition) is 4. The van der Waals surface area contributed by atoms with Crippen LogP contribution in [0.15, 0.2) is 108 Å². The minimum atomic E-state index is -4.21. The molecule has 0 unspecified atom stereocenters. The predicted octanol–water partition coefficient (Wildman–Crippen LogP) is 6.71. The van der Waals surface area contributed by atoms with Crippen molar-refractivity contribution in [2.24, 2.45) is 0 Å². The number of sulfonamides is 1. The first-order chi connectivity index (χ1) is 21.3. The fourth-order valence-electron chi connectivity index (χ4n) is 5.07. The molecular weight excluding hydrogens is 606 g/mol. The van der Waals surface area contributed by atoms with Gasteiger partial charge >= 0.3 is 0 Å². The molecule has 0 fully saturated rings. The zero-order valence-electron chi connectivity index (χ0n) is 26.3. The Morgan fingerprint density at radius 2 is 1.38 bits per heavy atom. The minimum absolute atomic E-state index is 0.000261. The van der Waals surface area contributed by atoms with Crippen molar-refractivity contribution in [1.82, 2.24) is 10.2 Å². The van der Waals surface area contributed by atoms with Crippen molar-refractivity contribution in [2.75, 3.05) is 10.8 Å². The molecule has 7 nitrogen and oxygen atoms in total. The molecule has 1 atom stereocenters. The number of amides is 2. The van der Waals surface area contributed by atoms with Crippen molar-refractivity contribution in [3.8, 4) is 0 Å². The van der Waals surface area contributed by atoms with E-state index in [1.807, 2.05) is 88.4 Å². The lowest BCUT2D eigenvalue weighted by Gasteiger charge is -2.35. The number of rotatable bonds is 11. The summed E-state index contributed by atoms with van der Waals surface area (Å²) in [5.74, 6) is -0.833. The Labute approximate surface area is 271 Å². The molecule has 0 spiro atoms. The highest BCUT2D eigenvalue weighted by atomic mass is 35.5. The van der Waals surface area contributed by atoms with Crippen LogP contribution in [0.3, 0.4) is 0 Å². The summed E-state index contributed by atoms with van der Waals surface area (Å²) in [5.41, 5.74) is 3.17. The lowest BCUT2D eigenvalue weighted by Crippen LogP contribution is -2.56. The van der Waals surface area contributed by atoms with Crippen molar-refractivity contribution >= 4 is 39.1 Å². The Balaban J connectivity index is 1.84. The molecule has 0 aromatic heterocycles. The van der Waals surface area contributed by atoms with Gasteiger partial charge in [0.25, 0.3) is 10.0 Å². The van der Waals surface area contributed by atoms with Crippen molar-refractivity contribution in [3.05, 3.63) is 130 Å². The van der Waals surface area contributed by atoms with E-state index < -0.39 is 34.1 Å². The average molecular weight is 646 g/mol. The summed E-state index contributed by atoms with van der Waals surface area (Å²) in [7, 11) is -4.21. The highest BCUT2D eigenvalue weighted by molar-refractivity contribution is 7.92. The van der Waals surface area contributed by atoms with E-state index in [-0.39, 0.29) is 23.8 Å². The number of halogens is 1. The summed E-state index contributed by atoms with van der Waals surface area (Å²) in [6.45, 7) is 9.00. The zero-order valence-corrected chi connectivity index (χ0v) is 27.9. The van der Waals surface area contributed by atoms with E-state index in [1.54, 1.807) is 25.1 Å². The molecule has 4 aromatic carbocycles. The van der Waals surface area contributed by atoms with E-state index in [1.165, 1.54) is 29.2 Å². The summed E-state index contributed by atoms with van der Waals surface area (Å²) in [5, 5.41) is 3.45. The van der Waals surface area contributed by atoms with Gasteiger partial charge in [-0.1, -0.05) is 84.4 Å². The van der Waals surface area contributed by atoms with E-state index in [0.717, 1.165) is 21.0 Å². The second kappa shape index (κ2) is 14.3. The van der Waals surface area contributed by atoms with Crippen LogP contribution in [0, 0.1) is 13.8 Å². The van der Waals surface area contributed by atoms with Crippen LogP contribution in [-0.2, 0) is 32.6 Å². The maximum atomic E-state index is 14.6. The van der Waals surface area contributed by atoms with Gasteiger partial charge in [-0.2, -0.15) is 0 Å². The Kier molecular flexibility index (Phi) is 10.7. The number of nitrogens with one attached hydrogen (secondary N) is 1. The van der Waals surface area contributed by atoms with Crippen molar-refractivity contribution in [2.45, 2.75) is 64.1 Å². The number of carbonyl (C=O) groups is 2. The topological polar surface area (TPSA) is 86.8 Å². The van der Waals surface area contributed by atoms with E-state index in [0.29, 0.717) is 16.3 Å². The van der Waals surface area contributed by atoms with E-state index in [4.69, 9.17) is 11.6 Å². The van der Waals surface area contributed by atoms with E-state index in [9.17, 15) is 18.0 Å². The van der Waals surface area contributed by atoms with Crippen LogP contribution in [0.1, 0.15) is 43.0 Å². The molecule has 0 saturated carbocycles. The summed E-state index contributed by atoms with van der Waals surface area (Å²) in [4.78, 5) is 30.1. The number of nitrogens with zero attached hydrogens (tertiary/aromatic N) is 2. The third-order valence-electron chi connectivity index (χ3n) is 7.44. The molecule has 1 N–H and O–H groups in total. The molecule has 0 heterocycles. The van der Waals surface area contributed by atoms with E-state index >= 15 is 0 Å². The normalized spacial score (nSPS) is 12.3. The van der Waals surface area contributed by atoms with Gasteiger partial charge in [-0.05, 0) is 87.2 Å². The molecule has 4 rings (SSSR count). The fourth-order valence-corrected chi connectivity index (χ4v) is 6.67. The van der Waals surface area contributed by atoms with Gasteiger partial charge in [0, 0.05) is 23.5 Å². The molecule has 0 aliphatic rings. The molecular formula is C36H40ClN3O4S. The molecule has 4 aromatic rings. The summed E-state index contributed by atoms with van der Waals surface area (Å²) < 4.78 is 29.5. The number of para-hydroxylation sites is 1. The lowest BCUT2D eigenvalue weighted by molar-refractivity contribution is -0.140. The summed E-state index contributed by atoms with van der Waals surface area (Å²) in [6.07, 6.45) is 0.245. The first-order valence-electron chi connectivity index (χ1n) is 14.8. The van der Waals surface area contributed by atoms with Crippen LogP contribution < -0.4 is 9.62 Å². The average Bonchev–Trinajstić information content (AvgIpc) is 2.98. The van der Waals surface area contributed by atoms with Crippen molar-refractivity contribution in [3.63, 3.8) is 0 Å². The number of carbonyl (C=O) groups excluding carboxylic acids is 2. The molecule has 9 heteroatoms. The molecule has 0 saturated heterocycles. The molecule has 45 heavy (non-hydrogen) atoms. The number of anilines is 1. The summed E-state index contributed by atoms with van der Waals surface area (Å²) in [6, 6.07) is 29.1. The molecule has 0 radical (unpaired) electrons. The molecule has 236 valence electrons. The van der Waals surface area contributed by atoms with Crippen LogP contribution in [0.25, 0.3) is 0 Å². The highest BCUT2D eigenvalue weighted by Gasteiger charge is 2.36. The Bertz CT molecular complexity index is 1740.